The molecular formula is C31H46Cl3N3O3. The van der Waals surface area contributed by atoms with Gasteiger partial charge in [-0.25, -0.2) is 0 Å². The van der Waals surface area contributed by atoms with Crippen molar-refractivity contribution in [2.45, 2.75) is 57.8 Å². The normalized spacial score (nSPS) is 15.1. The van der Waals surface area contributed by atoms with E-state index in [1.807, 2.05) is 48.5 Å². The van der Waals surface area contributed by atoms with E-state index in [-0.39, 0.29) is 43.2 Å². The summed E-state index contributed by atoms with van der Waals surface area (Å²) in [5, 5.41) is 0. The smallest absolute Gasteiger partial charge is 0.318 e. The predicted octanol–water partition coefficient (Wildman–Crippen LogP) is 7.17. The fraction of sp³-hybridized carbons (Fsp3) is 0.548. The third-order valence-corrected chi connectivity index (χ3v) is 7.34. The van der Waals surface area contributed by atoms with E-state index in [0.29, 0.717) is 6.61 Å². The Kier molecular flexibility index (Phi) is 18.2. The van der Waals surface area contributed by atoms with Gasteiger partial charge in [-0.05, 0) is 37.6 Å². The minimum atomic E-state index is -0.436. The minimum absolute atomic E-state index is 0. The molecule has 2 aliphatic heterocycles. The van der Waals surface area contributed by atoms with Crippen LogP contribution in [0.3, 0.4) is 0 Å². The van der Waals surface area contributed by atoms with Gasteiger partial charge in [-0.3, -0.25) is 9.79 Å². The van der Waals surface area contributed by atoms with Crippen LogP contribution in [0.15, 0.2) is 53.5 Å². The second-order valence-corrected chi connectivity index (χ2v) is 10.1. The van der Waals surface area contributed by atoms with E-state index >= 15 is 0 Å². The van der Waals surface area contributed by atoms with Crippen molar-refractivity contribution in [3.05, 3.63) is 59.7 Å². The molecule has 0 unspecified atom stereocenters. The number of aliphatic imine (C=N–C) groups is 1. The number of hydrogen-bond acceptors (Lipinski definition) is 6. The molecule has 4 rings (SSSR count). The molecule has 9 heteroatoms. The highest BCUT2D eigenvalue weighted by molar-refractivity contribution is 5.86. The van der Waals surface area contributed by atoms with Crippen LogP contribution in [0.25, 0.3) is 0 Å². The number of nitrogens with zero attached hydrogens (tertiary/aromatic N) is 3. The van der Waals surface area contributed by atoms with E-state index in [9.17, 15) is 4.79 Å². The van der Waals surface area contributed by atoms with E-state index in [1.165, 1.54) is 32.1 Å². The standard InChI is InChI=1S/C31H43N3O3.3ClH/c1-2-3-4-5-10-17-32-18-11-19-33-21-23-34(24-22-33)20-12-25-36-31(35)30-26-13-6-8-15-28(26)37-29-16-9-7-14-27(29)30;;;/h6-9,13-16,18,30H,2-5,10-12,17,19-25H2,1H3;3*1H. The average molecular weight is 615 g/mol. The highest BCUT2D eigenvalue weighted by Crippen LogP contribution is 2.44. The molecule has 1 fully saturated rings. The Morgan fingerprint density at radius 1 is 0.850 bits per heavy atom. The summed E-state index contributed by atoms with van der Waals surface area (Å²) in [6, 6.07) is 15.5. The minimum Gasteiger partial charge on any atom is -0.465 e. The van der Waals surface area contributed by atoms with Gasteiger partial charge in [0.15, 0.2) is 0 Å². The van der Waals surface area contributed by atoms with Gasteiger partial charge >= 0.3 is 5.97 Å². The maximum absolute atomic E-state index is 13.1. The van der Waals surface area contributed by atoms with Crippen molar-refractivity contribution in [2.75, 3.05) is 52.4 Å². The molecule has 0 radical (unpaired) electrons. The lowest BCUT2D eigenvalue weighted by Gasteiger charge is -2.34. The van der Waals surface area contributed by atoms with Crippen LogP contribution in [-0.2, 0) is 9.53 Å². The van der Waals surface area contributed by atoms with Crippen LogP contribution >= 0.6 is 37.2 Å². The number of benzene rings is 2. The van der Waals surface area contributed by atoms with E-state index in [2.05, 4.69) is 27.9 Å². The highest BCUT2D eigenvalue weighted by atomic mass is 35.5. The zero-order valence-electron chi connectivity index (χ0n) is 23.7. The molecule has 1 saturated heterocycles. The zero-order valence-corrected chi connectivity index (χ0v) is 26.1. The molecule has 0 atom stereocenters. The van der Waals surface area contributed by atoms with Crippen molar-refractivity contribution in [1.82, 2.24) is 9.80 Å². The monoisotopic (exact) mass is 613 g/mol. The van der Waals surface area contributed by atoms with Gasteiger partial charge in [0.25, 0.3) is 0 Å². The van der Waals surface area contributed by atoms with Crippen LogP contribution in [0, 0.1) is 0 Å². The second kappa shape index (κ2) is 20.1. The average Bonchev–Trinajstić information content (AvgIpc) is 2.93. The van der Waals surface area contributed by atoms with Crippen LogP contribution < -0.4 is 4.74 Å². The van der Waals surface area contributed by atoms with Crippen molar-refractivity contribution in [3.8, 4) is 11.5 Å². The molecule has 0 N–H and O–H groups in total. The molecule has 0 amide bonds. The van der Waals surface area contributed by atoms with Crippen molar-refractivity contribution in [3.63, 3.8) is 0 Å². The van der Waals surface area contributed by atoms with E-state index in [4.69, 9.17) is 9.47 Å². The quantitative estimate of drug-likeness (QED) is 0.128. The van der Waals surface area contributed by atoms with Crippen LogP contribution in [0.1, 0.15) is 68.9 Å². The Bertz CT molecular complexity index is 971. The number of fused-ring (bicyclic) bond motifs is 2. The summed E-state index contributed by atoms with van der Waals surface area (Å²) in [5.74, 6) is 0.828. The fourth-order valence-electron chi connectivity index (χ4n) is 5.17. The molecule has 0 saturated carbocycles. The highest BCUT2D eigenvalue weighted by Gasteiger charge is 2.33. The molecule has 40 heavy (non-hydrogen) atoms. The van der Waals surface area contributed by atoms with Crippen LogP contribution in [-0.4, -0.2) is 74.4 Å². The number of rotatable bonds is 14. The number of esters is 1. The van der Waals surface area contributed by atoms with Gasteiger partial charge in [-0.1, -0.05) is 69.0 Å². The molecule has 2 aliphatic rings. The lowest BCUT2D eigenvalue weighted by atomic mass is 9.88. The molecule has 2 aromatic rings. The first kappa shape index (κ1) is 36.2. The number of hydrogen-bond donors (Lipinski definition) is 0. The van der Waals surface area contributed by atoms with Gasteiger partial charge in [0.05, 0.1) is 6.61 Å². The van der Waals surface area contributed by atoms with Crippen molar-refractivity contribution in [1.29, 1.82) is 0 Å². The van der Waals surface area contributed by atoms with E-state index < -0.39 is 5.92 Å². The SMILES string of the molecule is CCCCCCCN=CCCN1CCN(CCCOC(=O)C2c3ccccc3Oc3ccccc32)CC1.Cl.Cl.Cl. The summed E-state index contributed by atoms with van der Waals surface area (Å²) >= 11 is 0. The maximum atomic E-state index is 13.1. The van der Waals surface area contributed by atoms with Gasteiger partial charge in [0, 0.05) is 56.9 Å². The Morgan fingerprint density at radius 3 is 2.05 bits per heavy atom. The van der Waals surface area contributed by atoms with Gasteiger partial charge < -0.3 is 19.3 Å². The number of unbranched alkanes of at least 4 members (excludes halogenated alkanes) is 4. The molecular weight excluding hydrogens is 569 g/mol. The predicted molar refractivity (Wildman–Crippen MR) is 172 cm³/mol. The zero-order chi connectivity index (χ0) is 25.7. The Hall–Kier alpha value is -1.83. The van der Waals surface area contributed by atoms with Gasteiger partial charge in [-0.2, -0.15) is 0 Å². The molecule has 224 valence electrons. The lowest BCUT2D eigenvalue weighted by molar-refractivity contribution is -0.144. The van der Waals surface area contributed by atoms with Crippen molar-refractivity contribution >= 4 is 49.4 Å². The van der Waals surface area contributed by atoms with Crippen molar-refractivity contribution in [2.24, 2.45) is 4.99 Å². The topological polar surface area (TPSA) is 54.4 Å². The first-order valence-corrected chi connectivity index (χ1v) is 14.2. The molecule has 0 aliphatic carbocycles. The summed E-state index contributed by atoms with van der Waals surface area (Å²) in [6.07, 6.45) is 10.5. The number of carbonyl (C=O) groups is 1. The molecule has 6 nitrogen and oxygen atoms in total. The summed E-state index contributed by atoms with van der Waals surface area (Å²) in [5.41, 5.74) is 1.75. The van der Waals surface area contributed by atoms with E-state index in [1.54, 1.807) is 0 Å². The molecule has 0 bridgehead atoms. The Balaban J connectivity index is 0.00000267. The van der Waals surface area contributed by atoms with Crippen LogP contribution in [0.2, 0.25) is 0 Å². The van der Waals surface area contributed by atoms with Gasteiger partial charge in [-0.15, -0.1) is 37.2 Å². The third-order valence-electron chi connectivity index (χ3n) is 7.34. The Labute approximate surface area is 259 Å². The number of halogens is 3. The summed E-state index contributed by atoms with van der Waals surface area (Å²) in [4.78, 5) is 22.7. The first-order chi connectivity index (χ1) is 18.3. The van der Waals surface area contributed by atoms with Gasteiger partial charge in [0.2, 0.25) is 0 Å². The Morgan fingerprint density at radius 2 is 1.43 bits per heavy atom. The molecule has 0 spiro atoms. The van der Waals surface area contributed by atoms with E-state index in [0.717, 1.165) is 81.3 Å². The van der Waals surface area contributed by atoms with Gasteiger partial charge in [0.1, 0.15) is 17.4 Å². The summed E-state index contributed by atoms with van der Waals surface area (Å²) in [7, 11) is 0. The fourth-order valence-corrected chi connectivity index (χ4v) is 5.17. The number of para-hydroxylation sites is 2. The number of ether oxygens (including phenoxy) is 2. The van der Waals surface area contributed by atoms with Crippen LogP contribution in [0.4, 0.5) is 0 Å². The third kappa shape index (κ3) is 10.9. The second-order valence-electron chi connectivity index (χ2n) is 10.1. The summed E-state index contributed by atoms with van der Waals surface area (Å²) < 4.78 is 11.8. The van der Waals surface area contributed by atoms with Crippen LogP contribution in [0.5, 0.6) is 11.5 Å². The largest absolute Gasteiger partial charge is 0.465 e. The molecule has 2 heterocycles. The maximum Gasteiger partial charge on any atom is 0.318 e. The first-order valence-electron chi connectivity index (χ1n) is 14.2. The number of carbonyl (C=O) groups excluding carboxylic acids is 1. The molecule has 0 aromatic heterocycles. The van der Waals surface area contributed by atoms with Crippen molar-refractivity contribution < 1.29 is 14.3 Å². The molecule has 2 aromatic carbocycles. The number of piperazine rings is 1. The summed E-state index contributed by atoms with van der Waals surface area (Å²) in [6.45, 7) is 10.1. The lowest BCUT2D eigenvalue weighted by Crippen LogP contribution is -2.46.